The number of halogens is 2. The molecular formula is C12H13BrClNO3S. The van der Waals surface area contributed by atoms with Gasteiger partial charge in [-0.1, -0.05) is 22.9 Å². The summed E-state index contributed by atoms with van der Waals surface area (Å²) in [6.45, 7) is 3.80. The van der Waals surface area contributed by atoms with Gasteiger partial charge in [-0.05, 0) is 37.0 Å². The number of hydrogen-bond acceptors (Lipinski definition) is 3. The lowest BCUT2D eigenvalue weighted by Crippen LogP contribution is -2.27. The molecule has 1 aliphatic rings. The molecule has 19 heavy (non-hydrogen) atoms. The van der Waals surface area contributed by atoms with Crippen molar-refractivity contribution in [2.24, 2.45) is 5.92 Å². The van der Waals surface area contributed by atoms with Gasteiger partial charge in [-0.3, -0.25) is 4.79 Å². The minimum Gasteiger partial charge on any atom is -0.349 e. The third kappa shape index (κ3) is 3.30. The Kier molecular flexibility index (Phi) is 3.95. The van der Waals surface area contributed by atoms with Crippen molar-refractivity contribution in [3.05, 3.63) is 27.7 Å². The van der Waals surface area contributed by atoms with Gasteiger partial charge in [0.05, 0.1) is 4.90 Å². The van der Waals surface area contributed by atoms with Crippen molar-refractivity contribution < 1.29 is 13.2 Å². The summed E-state index contributed by atoms with van der Waals surface area (Å²) in [5, 5.41) is 2.87. The maximum Gasteiger partial charge on any atom is 0.261 e. The van der Waals surface area contributed by atoms with Crippen LogP contribution in [0.3, 0.4) is 0 Å². The van der Waals surface area contributed by atoms with Crippen LogP contribution in [0.1, 0.15) is 29.3 Å². The van der Waals surface area contributed by atoms with Crippen LogP contribution in [-0.2, 0) is 9.05 Å². The van der Waals surface area contributed by atoms with Gasteiger partial charge in [-0.15, -0.1) is 0 Å². The number of amides is 1. The first-order valence-corrected chi connectivity index (χ1v) is 8.86. The normalized spacial score (nSPS) is 22.1. The molecule has 1 amide bonds. The first kappa shape index (κ1) is 14.8. The Hall–Kier alpha value is -0.590. The summed E-state index contributed by atoms with van der Waals surface area (Å²) >= 11 is 3.25. The van der Waals surface area contributed by atoms with Crippen LogP contribution in [0.15, 0.2) is 21.5 Å². The SMILES string of the molecule is Cc1c(Br)cc(S(=O)(=O)Cl)cc1C(=O)NC1CC1C. The smallest absolute Gasteiger partial charge is 0.261 e. The summed E-state index contributed by atoms with van der Waals surface area (Å²) in [6.07, 6.45) is 0.958. The van der Waals surface area contributed by atoms with Crippen LogP contribution in [-0.4, -0.2) is 20.4 Å². The highest BCUT2D eigenvalue weighted by molar-refractivity contribution is 9.10. The second-order valence-corrected chi connectivity index (χ2v) is 8.23. The van der Waals surface area contributed by atoms with Gasteiger partial charge in [0.1, 0.15) is 0 Å². The Morgan fingerprint density at radius 2 is 2.05 bits per heavy atom. The third-order valence-electron chi connectivity index (χ3n) is 3.27. The molecule has 1 fully saturated rings. The molecule has 1 aliphatic carbocycles. The molecule has 104 valence electrons. The van der Waals surface area contributed by atoms with Gasteiger partial charge in [0.15, 0.2) is 0 Å². The molecule has 0 spiro atoms. The van der Waals surface area contributed by atoms with Gasteiger partial charge in [0, 0.05) is 26.8 Å². The number of carbonyl (C=O) groups excluding carboxylic acids is 1. The maximum absolute atomic E-state index is 12.1. The van der Waals surface area contributed by atoms with Crippen molar-refractivity contribution in [1.82, 2.24) is 5.32 Å². The second kappa shape index (κ2) is 5.07. The molecule has 0 saturated heterocycles. The van der Waals surface area contributed by atoms with E-state index in [9.17, 15) is 13.2 Å². The fourth-order valence-corrected chi connectivity index (χ4v) is 3.20. The lowest BCUT2D eigenvalue weighted by molar-refractivity contribution is 0.0948. The number of benzene rings is 1. The first-order valence-electron chi connectivity index (χ1n) is 5.76. The molecule has 0 aliphatic heterocycles. The first-order chi connectivity index (χ1) is 8.70. The Bertz CT molecular complexity index is 645. The zero-order valence-electron chi connectivity index (χ0n) is 10.4. The maximum atomic E-state index is 12.1. The molecule has 0 bridgehead atoms. The van der Waals surface area contributed by atoms with E-state index in [1.54, 1.807) is 6.92 Å². The molecule has 0 heterocycles. The molecule has 2 unspecified atom stereocenters. The van der Waals surface area contributed by atoms with Crippen LogP contribution in [0.2, 0.25) is 0 Å². The van der Waals surface area contributed by atoms with E-state index in [4.69, 9.17) is 10.7 Å². The van der Waals surface area contributed by atoms with E-state index in [2.05, 4.69) is 21.2 Å². The highest BCUT2D eigenvalue weighted by Crippen LogP contribution is 2.31. The Morgan fingerprint density at radius 1 is 1.47 bits per heavy atom. The van der Waals surface area contributed by atoms with Gasteiger partial charge in [0.25, 0.3) is 15.0 Å². The van der Waals surface area contributed by atoms with Gasteiger partial charge in [-0.25, -0.2) is 8.42 Å². The summed E-state index contributed by atoms with van der Waals surface area (Å²) < 4.78 is 23.3. The molecule has 2 atom stereocenters. The Labute approximate surface area is 125 Å². The van der Waals surface area contributed by atoms with E-state index in [1.165, 1.54) is 12.1 Å². The van der Waals surface area contributed by atoms with Gasteiger partial charge >= 0.3 is 0 Å². The summed E-state index contributed by atoms with van der Waals surface area (Å²) in [5.74, 6) is 0.211. The third-order valence-corrected chi connectivity index (χ3v) is 5.43. The molecule has 1 N–H and O–H groups in total. The molecule has 4 nitrogen and oxygen atoms in total. The molecule has 0 radical (unpaired) electrons. The quantitative estimate of drug-likeness (QED) is 0.837. The largest absolute Gasteiger partial charge is 0.349 e. The minimum atomic E-state index is -3.86. The topological polar surface area (TPSA) is 63.2 Å². The van der Waals surface area contributed by atoms with Crippen molar-refractivity contribution in [3.8, 4) is 0 Å². The number of rotatable bonds is 3. The van der Waals surface area contributed by atoms with Crippen molar-refractivity contribution in [2.45, 2.75) is 31.2 Å². The fraction of sp³-hybridized carbons (Fsp3) is 0.417. The van der Waals surface area contributed by atoms with E-state index >= 15 is 0 Å². The average molecular weight is 367 g/mol. The molecular weight excluding hydrogens is 354 g/mol. The number of nitrogens with one attached hydrogen (secondary N) is 1. The van der Waals surface area contributed by atoms with Crippen molar-refractivity contribution >= 4 is 41.6 Å². The van der Waals surface area contributed by atoms with E-state index in [1.807, 2.05) is 6.92 Å². The van der Waals surface area contributed by atoms with E-state index in [-0.39, 0.29) is 16.8 Å². The van der Waals surface area contributed by atoms with Crippen molar-refractivity contribution in [2.75, 3.05) is 0 Å². The van der Waals surface area contributed by atoms with Gasteiger partial charge < -0.3 is 5.32 Å². The molecule has 1 aromatic rings. The van der Waals surface area contributed by atoms with E-state index in [0.29, 0.717) is 21.5 Å². The minimum absolute atomic E-state index is 0.0827. The highest BCUT2D eigenvalue weighted by atomic mass is 79.9. The summed E-state index contributed by atoms with van der Waals surface area (Å²) in [6, 6.07) is 2.89. The predicted octanol–water partition coefficient (Wildman–Crippen LogP) is 2.82. The van der Waals surface area contributed by atoms with Gasteiger partial charge in [-0.2, -0.15) is 0 Å². The Balaban J connectivity index is 2.38. The summed E-state index contributed by atoms with van der Waals surface area (Å²) in [4.78, 5) is 12.0. The molecule has 1 aromatic carbocycles. The zero-order chi connectivity index (χ0) is 14.4. The van der Waals surface area contributed by atoms with Crippen LogP contribution in [0.5, 0.6) is 0 Å². The van der Waals surface area contributed by atoms with Crippen LogP contribution < -0.4 is 5.32 Å². The predicted molar refractivity (Wildman–Crippen MR) is 77.0 cm³/mol. The monoisotopic (exact) mass is 365 g/mol. The highest BCUT2D eigenvalue weighted by Gasteiger charge is 2.34. The van der Waals surface area contributed by atoms with E-state index < -0.39 is 9.05 Å². The summed E-state index contributed by atoms with van der Waals surface area (Å²) in [5.41, 5.74) is 1.02. The average Bonchev–Trinajstić information content (AvgIpc) is 2.96. The van der Waals surface area contributed by atoms with Crippen LogP contribution in [0, 0.1) is 12.8 Å². The lowest BCUT2D eigenvalue weighted by Gasteiger charge is -2.10. The summed E-state index contributed by atoms with van der Waals surface area (Å²) in [7, 11) is 1.46. The fourth-order valence-electron chi connectivity index (χ4n) is 1.80. The van der Waals surface area contributed by atoms with Crippen molar-refractivity contribution in [3.63, 3.8) is 0 Å². The molecule has 7 heteroatoms. The molecule has 0 aromatic heterocycles. The zero-order valence-corrected chi connectivity index (χ0v) is 13.6. The van der Waals surface area contributed by atoms with Crippen LogP contribution in [0.4, 0.5) is 0 Å². The Morgan fingerprint density at radius 3 is 2.53 bits per heavy atom. The van der Waals surface area contributed by atoms with Crippen molar-refractivity contribution in [1.29, 1.82) is 0 Å². The molecule has 2 rings (SSSR count). The van der Waals surface area contributed by atoms with E-state index in [0.717, 1.165) is 6.42 Å². The number of carbonyl (C=O) groups is 1. The second-order valence-electron chi connectivity index (χ2n) is 4.81. The molecule has 1 saturated carbocycles. The van der Waals surface area contributed by atoms with Crippen LogP contribution in [0.25, 0.3) is 0 Å². The van der Waals surface area contributed by atoms with Crippen LogP contribution >= 0.6 is 26.6 Å². The number of hydrogen-bond donors (Lipinski definition) is 1. The standard InChI is InChI=1S/C12H13BrClNO3S/c1-6-3-11(6)15-12(16)9-4-8(19(14,17)18)5-10(13)7(9)2/h4-6,11H,3H2,1-2H3,(H,15,16). The lowest BCUT2D eigenvalue weighted by atomic mass is 10.1. The van der Waals surface area contributed by atoms with Gasteiger partial charge in [0.2, 0.25) is 0 Å².